The number of hydrogen-bond acceptors (Lipinski definition) is 6. The Kier molecular flexibility index (Phi) is 7.14. The van der Waals surface area contributed by atoms with Crippen molar-refractivity contribution in [1.82, 2.24) is 9.97 Å². The van der Waals surface area contributed by atoms with Crippen LogP contribution in [0.1, 0.15) is 29.0 Å². The minimum Gasteiger partial charge on any atom is -0.369 e. The third-order valence-corrected chi connectivity index (χ3v) is 6.06. The molecule has 2 aromatic heterocycles. The first kappa shape index (κ1) is 22.7. The first-order valence-electron chi connectivity index (χ1n) is 11.2. The molecule has 1 aromatic carbocycles. The Balaban J connectivity index is 1.63. The lowest BCUT2D eigenvalue weighted by Crippen LogP contribution is -2.26. The summed E-state index contributed by atoms with van der Waals surface area (Å²) < 4.78 is 13.5. The summed E-state index contributed by atoms with van der Waals surface area (Å²) in [6, 6.07) is 14.0. The van der Waals surface area contributed by atoms with Crippen molar-refractivity contribution in [3.8, 4) is 0 Å². The standard InChI is InChI=1S/C25H29FN6O/c26-20-5-1-3-17(13-20)8-11-30-25-21(23(24(28)33)19-4-2-10-29-15-19)6-7-22(31-25)32-12-9-18(14-27)16-32/h1-7,10,13,15,18,23H,8-9,11-12,14,16,27H2,(H2,28,33)(H,30,31)/t18-,23?/m0/s1. The van der Waals surface area contributed by atoms with Gasteiger partial charge in [0.05, 0.1) is 5.92 Å². The molecule has 172 valence electrons. The summed E-state index contributed by atoms with van der Waals surface area (Å²) in [7, 11) is 0. The maximum Gasteiger partial charge on any atom is 0.229 e. The van der Waals surface area contributed by atoms with E-state index in [0.717, 1.165) is 30.9 Å². The molecule has 0 saturated carbocycles. The van der Waals surface area contributed by atoms with Gasteiger partial charge in [-0.25, -0.2) is 9.37 Å². The zero-order valence-corrected chi connectivity index (χ0v) is 18.5. The Morgan fingerprint density at radius 3 is 2.82 bits per heavy atom. The number of rotatable bonds is 9. The Bertz CT molecular complexity index is 1090. The highest BCUT2D eigenvalue weighted by Crippen LogP contribution is 2.32. The Morgan fingerprint density at radius 2 is 2.12 bits per heavy atom. The van der Waals surface area contributed by atoms with Crippen LogP contribution in [0, 0.1) is 11.7 Å². The lowest BCUT2D eigenvalue weighted by molar-refractivity contribution is -0.118. The maximum atomic E-state index is 13.5. The van der Waals surface area contributed by atoms with Crippen LogP contribution in [-0.4, -0.2) is 42.1 Å². The van der Waals surface area contributed by atoms with E-state index in [4.69, 9.17) is 16.5 Å². The lowest BCUT2D eigenvalue weighted by Gasteiger charge is -2.23. The minimum absolute atomic E-state index is 0.262. The summed E-state index contributed by atoms with van der Waals surface area (Å²) in [5, 5.41) is 3.36. The zero-order chi connectivity index (χ0) is 23.2. The van der Waals surface area contributed by atoms with Crippen LogP contribution in [0.5, 0.6) is 0 Å². The summed E-state index contributed by atoms with van der Waals surface area (Å²) in [6.07, 6.45) is 4.94. The van der Waals surface area contributed by atoms with Gasteiger partial charge in [0.25, 0.3) is 0 Å². The van der Waals surface area contributed by atoms with E-state index < -0.39 is 11.8 Å². The predicted molar refractivity (Wildman–Crippen MR) is 127 cm³/mol. The number of amides is 1. The minimum atomic E-state index is -0.688. The fourth-order valence-corrected chi connectivity index (χ4v) is 4.30. The van der Waals surface area contributed by atoms with Crippen molar-refractivity contribution in [1.29, 1.82) is 0 Å². The molecule has 3 heterocycles. The molecule has 0 radical (unpaired) electrons. The second-order valence-corrected chi connectivity index (χ2v) is 8.37. The van der Waals surface area contributed by atoms with Crippen LogP contribution >= 0.6 is 0 Å². The van der Waals surface area contributed by atoms with Crippen molar-refractivity contribution in [2.45, 2.75) is 18.8 Å². The number of nitrogens with one attached hydrogen (secondary N) is 1. The molecule has 1 fully saturated rings. The van der Waals surface area contributed by atoms with Crippen molar-refractivity contribution < 1.29 is 9.18 Å². The molecule has 1 amide bonds. The summed E-state index contributed by atoms with van der Waals surface area (Å²) in [4.78, 5) is 23.7. The number of nitrogens with two attached hydrogens (primary N) is 2. The van der Waals surface area contributed by atoms with Gasteiger partial charge in [0.2, 0.25) is 5.91 Å². The van der Waals surface area contributed by atoms with Gasteiger partial charge in [0.1, 0.15) is 17.5 Å². The first-order valence-corrected chi connectivity index (χ1v) is 11.2. The molecule has 0 spiro atoms. The second kappa shape index (κ2) is 10.4. The molecule has 1 saturated heterocycles. The van der Waals surface area contributed by atoms with E-state index in [-0.39, 0.29) is 5.82 Å². The highest BCUT2D eigenvalue weighted by molar-refractivity contribution is 5.87. The molecule has 7 nitrogen and oxygen atoms in total. The van der Waals surface area contributed by atoms with Gasteiger partial charge >= 0.3 is 0 Å². The molecule has 5 N–H and O–H groups in total. The zero-order valence-electron chi connectivity index (χ0n) is 18.5. The monoisotopic (exact) mass is 448 g/mol. The van der Waals surface area contributed by atoms with Gasteiger partial charge in [-0.15, -0.1) is 0 Å². The van der Waals surface area contributed by atoms with Crippen LogP contribution in [0.15, 0.2) is 60.9 Å². The molecular weight excluding hydrogens is 419 g/mol. The average molecular weight is 449 g/mol. The van der Waals surface area contributed by atoms with Crippen LogP contribution in [0.2, 0.25) is 0 Å². The van der Waals surface area contributed by atoms with Crippen molar-refractivity contribution >= 4 is 17.5 Å². The molecule has 8 heteroatoms. The number of hydrogen-bond donors (Lipinski definition) is 3. The molecule has 0 aliphatic carbocycles. The number of primary amides is 1. The molecule has 33 heavy (non-hydrogen) atoms. The van der Waals surface area contributed by atoms with Gasteiger partial charge in [-0.1, -0.05) is 24.3 Å². The Morgan fingerprint density at radius 1 is 1.24 bits per heavy atom. The third kappa shape index (κ3) is 5.46. The number of anilines is 2. The predicted octanol–water partition coefficient (Wildman–Crippen LogP) is 2.67. The summed E-state index contributed by atoms with van der Waals surface area (Å²) in [5.41, 5.74) is 13.9. The van der Waals surface area contributed by atoms with Crippen molar-refractivity contribution in [3.63, 3.8) is 0 Å². The van der Waals surface area contributed by atoms with Gasteiger partial charge < -0.3 is 21.7 Å². The maximum absolute atomic E-state index is 13.5. The second-order valence-electron chi connectivity index (χ2n) is 8.37. The van der Waals surface area contributed by atoms with E-state index in [1.807, 2.05) is 24.3 Å². The fourth-order valence-electron chi connectivity index (χ4n) is 4.30. The number of carbonyl (C=O) groups excluding carboxylic acids is 1. The van der Waals surface area contributed by atoms with Crippen LogP contribution in [0.3, 0.4) is 0 Å². The number of pyridine rings is 2. The van der Waals surface area contributed by atoms with Crippen LogP contribution in [0.4, 0.5) is 16.0 Å². The van der Waals surface area contributed by atoms with E-state index in [0.29, 0.717) is 42.4 Å². The highest BCUT2D eigenvalue weighted by atomic mass is 19.1. The van der Waals surface area contributed by atoms with Crippen LogP contribution < -0.4 is 21.7 Å². The van der Waals surface area contributed by atoms with Gasteiger partial charge in [0.15, 0.2) is 0 Å². The summed E-state index contributed by atoms with van der Waals surface area (Å²) >= 11 is 0. The van der Waals surface area contributed by atoms with Gasteiger partial charge in [-0.2, -0.15) is 0 Å². The number of carbonyl (C=O) groups is 1. The number of nitrogens with zero attached hydrogens (tertiary/aromatic N) is 3. The van der Waals surface area contributed by atoms with E-state index in [2.05, 4.69) is 15.2 Å². The molecule has 3 aromatic rings. The quantitative estimate of drug-likeness (QED) is 0.464. The molecule has 1 unspecified atom stereocenters. The average Bonchev–Trinajstić information content (AvgIpc) is 3.30. The van der Waals surface area contributed by atoms with Gasteiger partial charge in [0, 0.05) is 37.6 Å². The van der Waals surface area contributed by atoms with E-state index in [1.165, 1.54) is 12.1 Å². The van der Waals surface area contributed by atoms with Crippen molar-refractivity contribution in [3.05, 3.63) is 83.4 Å². The number of benzene rings is 1. The third-order valence-electron chi connectivity index (χ3n) is 6.06. The van der Waals surface area contributed by atoms with E-state index in [1.54, 1.807) is 24.5 Å². The normalized spacial score (nSPS) is 16.5. The molecular formula is C25H29FN6O. The number of halogens is 1. The van der Waals surface area contributed by atoms with E-state index in [9.17, 15) is 9.18 Å². The first-order chi connectivity index (χ1) is 16.0. The van der Waals surface area contributed by atoms with Crippen molar-refractivity contribution in [2.24, 2.45) is 17.4 Å². The summed E-state index contributed by atoms with van der Waals surface area (Å²) in [6.45, 7) is 2.92. The molecule has 0 bridgehead atoms. The number of aromatic nitrogens is 2. The van der Waals surface area contributed by atoms with E-state index >= 15 is 0 Å². The topological polar surface area (TPSA) is 110 Å². The van der Waals surface area contributed by atoms with Gasteiger partial charge in [-0.3, -0.25) is 9.78 Å². The van der Waals surface area contributed by atoms with Crippen molar-refractivity contribution in [2.75, 3.05) is 36.4 Å². The SMILES string of the molecule is NC[C@@H]1CCN(c2ccc(C(C(N)=O)c3cccnc3)c(NCCc3cccc(F)c3)n2)C1. The fraction of sp³-hybridized carbons (Fsp3) is 0.320. The molecule has 1 aliphatic heterocycles. The molecule has 1 aliphatic rings. The molecule has 2 atom stereocenters. The largest absolute Gasteiger partial charge is 0.369 e. The lowest BCUT2D eigenvalue weighted by atomic mass is 9.92. The smallest absolute Gasteiger partial charge is 0.229 e. The highest BCUT2D eigenvalue weighted by Gasteiger charge is 2.27. The van der Waals surface area contributed by atoms with Crippen LogP contribution in [0.25, 0.3) is 0 Å². The molecule has 4 rings (SSSR count). The Hall–Kier alpha value is -3.52. The van der Waals surface area contributed by atoms with Crippen LogP contribution in [-0.2, 0) is 11.2 Å². The summed E-state index contributed by atoms with van der Waals surface area (Å²) in [5.74, 6) is 0.444. The Labute approximate surface area is 193 Å². The van der Waals surface area contributed by atoms with Gasteiger partial charge in [-0.05, 0) is 60.7 Å².